The number of carbonyl (C=O) groups is 2. The molecule has 0 unspecified atom stereocenters. The Labute approximate surface area is 153 Å². The molecule has 1 heterocycles. The molecule has 0 spiro atoms. The van der Waals surface area contributed by atoms with Crippen molar-refractivity contribution in [2.75, 3.05) is 17.3 Å². The van der Waals surface area contributed by atoms with Gasteiger partial charge >= 0.3 is 0 Å². The fourth-order valence-corrected chi connectivity index (χ4v) is 2.92. The summed E-state index contributed by atoms with van der Waals surface area (Å²) in [5.74, 6) is -2.70. The second-order valence-electron chi connectivity index (χ2n) is 5.87. The summed E-state index contributed by atoms with van der Waals surface area (Å²) in [6, 6.07) is 5.41. The highest BCUT2D eigenvalue weighted by atomic mass is 35.5. The number of hydrogen-bond acceptors (Lipinski definition) is 4. The van der Waals surface area contributed by atoms with Crippen molar-refractivity contribution in [3.8, 4) is 5.75 Å². The summed E-state index contributed by atoms with van der Waals surface area (Å²) in [5, 5.41) is 3.21. The van der Waals surface area contributed by atoms with Crippen molar-refractivity contribution < 1.29 is 23.1 Å². The van der Waals surface area contributed by atoms with Crippen LogP contribution in [0, 0.1) is 18.6 Å². The maximum atomic E-state index is 13.3. The smallest absolute Gasteiger partial charge is 0.256 e. The number of rotatable bonds is 4. The molecule has 5 nitrogen and oxygen atoms in total. The van der Waals surface area contributed by atoms with Gasteiger partial charge < -0.3 is 10.1 Å². The largest absolute Gasteiger partial charge is 0.495 e. The topological polar surface area (TPSA) is 58.6 Å². The number of benzene rings is 2. The normalized spacial score (nSPS) is 17.0. The van der Waals surface area contributed by atoms with E-state index < -0.39 is 29.5 Å². The Balaban J connectivity index is 1.90. The Bertz CT molecular complexity index is 904. The first kappa shape index (κ1) is 18.1. The number of halogens is 3. The summed E-state index contributed by atoms with van der Waals surface area (Å²) in [6.45, 7) is 1.74. The Morgan fingerprint density at radius 2 is 1.92 bits per heavy atom. The van der Waals surface area contributed by atoms with Crippen LogP contribution in [-0.2, 0) is 9.59 Å². The van der Waals surface area contributed by atoms with Crippen LogP contribution in [0.2, 0.25) is 5.02 Å². The Kier molecular flexibility index (Phi) is 4.82. The van der Waals surface area contributed by atoms with Crippen molar-refractivity contribution in [1.82, 2.24) is 0 Å². The van der Waals surface area contributed by atoms with Crippen LogP contribution in [0.4, 0.5) is 20.2 Å². The number of nitrogens with zero attached hydrogens (tertiary/aromatic N) is 1. The molecule has 0 aliphatic carbocycles. The van der Waals surface area contributed by atoms with Gasteiger partial charge in [-0.1, -0.05) is 11.6 Å². The number of amides is 2. The number of ether oxygens (including phenoxy) is 1. The molecule has 3 rings (SSSR count). The maximum absolute atomic E-state index is 13.3. The SMILES string of the molecule is COc1cc(Cl)c(C)cc1N1C(=O)C[C@@H](Nc2ccc(F)c(F)c2)C1=O. The number of carbonyl (C=O) groups excluding carboxylic acids is 2. The Morgan fingerprint density at radius 3 is 2.58 bits per heavy atom. The number of aryl methyl sites for hydroxylation is 1. The quantitative estimate of drug-likeness (QED) is 0.822. The van der Waals surface area contributed by atoms with Crippen LogP contribution < -0.4 is 15.0 Å². The predicted molar refractivity (Wildman–Crippen MR) is 93.6 cm³/mol. The molecular formula is C18H15ClF2N2O3. The average molecular weight is 381 g/mol. The summed E-state index contributed by atoms with van der Waals surface area (Å²) < 4.78 is 31.6. The van der Waals surface area contributed by atoms with Gasteiger partial charge in [0.05, 0.1) is 19.2 Å². The first-order valence-corrected chi connectivity index (χ1v) is 8.12. The van der Waals surface area contributed by atoms with Gasteiger partial charge in [0.15, 0.2) is 11.6 Å². The van der Waals surface area contributed by atoms with Crippen molar-refractivity contribution in [2.45, 2.75) is 19.4 Å². The van der Waals surface area contributed by atoms with Gasteiger partial charge in [-0.2, -0.15) is 0 Å². The van der Waals surface area contributed by atoms with Gasteiger partial charge in [0, 0.05) is 22.8 Å². The van der Waals surface area contributed by atoms with E-state index >= 15 is 0 Å². The van der Waals surface area contributed by atoms with Crippen LogP contribution >= 0.6 is 11.6 Å². The third-order valence-corrected chi connectivity index (χ3v) is 4.52. The molecule has 26 heavy (non-hydrogen) atoms. The number of anilines is 2. The van der Waals surface area contributed by atoms with Gasteiger partial charge in [-0.3, -0.25) is 9.59 Å². The summed E-state index contributed by atoms with van der Waals surface area (Å²) >= 11 is 6.06. The fraction of sp³-hybridized carbons (Fsp3) is 0.222. The highest BCUT2D eigenvalue weighted by Gasteiger charge is 2.41. The van der Waals surface area contributed by atoms with E-state index in [0.717, 1.165) is 17.0 Å². The summed E-state index contributed by atoms with van der Waals surface area (Å²) in [5.41, 5.74) is 1.18. The Morgan fingerprint density at radius 1 is 1.19 bits per heavy atom. The van der Waals surface area contributed by atoms with Gasteiger partial charge in [-0.15, -0.1) is 0 Å². The van der Waals surface area contributed by atoms with Crippen molar-refractivity contribution >= 4 is 34.8 Å². The monoisotopic (exact) mass is 380 g/mol. The van der Waals surface area contributed by atoms with Crippen molar-refractivity contribution in [3.63, 3.8) is 0 Å². The molecule has 0 saturated carbocycles. The molecule has 136 valence electrons. The minimum Gasteiger partial charge on any atom is -0.495 e. The van der Waals surface area contributed by atoms with Crippen LogP contribution in [0.25, 0.3) is 0 Å². The molecule has 1 atom stereocenters. The highest BCUT2D eigenvalue weighted by Crippen LogP contribution is 2.36. The van der Waals surface area contributed by atoms with Crippen LogP contribution in [-0.4, -0.2) is 25.0 Å². The van der Waals surface area contributed by atoms with E-state index in [0.29, 0.717) is 16.3 Å². The van der Waals surface area contributed by atoms with Crippen LogP contribution in [0.15, 0.2) is 30.3 Å². The minimum absolute atomic E-state index is 0.122. The molecule has 1 saturated heterocycles. The van der Waals surface area contributed by atoms with Gasteiger partial charge in [-0.25, -0.2) is 13.7 Å². The first-order chi connectivity index (χ1) is 12.3. The predicted octanol–water partition coefficient (Wildman–Crippen LogP) is 3.68. The standard InChI is InChI=1S/C18H15ClF2N2O3/c1-9-5-15(16(26-2)7-11(9)19)23-17(24)8-14(18(23)25)22-10-3-4-12(20)13(21)6-10/h3-7,14,22H,8H2,1-2H3/t14-/m1/s1. The third kappa shape index (κ3) is 3.22. The molecule has 0 aromatic heterocycles. The van der Waals surface area contributed by atoms with Crippen LogP contribution in [0.1, 0.15) is 12.0 Å². The lowest BCUT2D eigenvalue weighted by Crippen LogP contribution is -2.35. The second-order valence-corrected chi connectivity index (χ2v) is 6.28. The Hall–Kier alpha value is -2.67. The molecule has 0 radical (unpaired) electrons. The number of imide groups is 1. The summed E-state index contributed by atoms with van der Waals surface area (Å²) in [4.78, 5) is 26.2. The molecule has 2 amide bonds. The minimum atomic E-state index is -1.04. The molecule has 2 aromatic rings. The van der Waals surface area contributed by atoms with E-state index in [-0.39, 0.29) is 17.9 Å². The summed E-state index contributed by atoms with van der Waals surface area (Å²) in [7, 11) is 1.41. The molecule has 0 bridgehead atoms. The third-order valence-electron chi connectivity index (χ3n) is 4.11. The molecular weight excluding hydrogens is 366 g/mol. The lowest BCUT2D eigenvalue weighted by atomic mass is 10.2. The number of nitrogens with one attached hydrogen (secondary N) is 1. The van der Waals surface area contributed by atoms with E-state index in [1.165, 1.54) is 19.2 Å². The number of hydrogen-bond donors (Lipinski definition) is 1. The van der Waals surface area contributed by atoms with Crippen molar-refractivity contribution in [2.24, 2.45) is 0 Å². The zero-order chi connectivity index (χ0) is 19.0. The lowest BCUT2D eigenvalue weighted by molar-refractivity contribution is -0.121. The molecule has 1 fully saturated rings. The molecule has 2 aromatic carbocycles. The molecule has 8 heteroatoms. The van der Waals surface area contributed by atoms with E-state index in [1.807, 2.05) is 0 Å². The van der Waals surface area contributed by atoms with E-state index in [1.54, 1.807) is 13.0 Å². The zero-order valence-electron chi connectivity index (χ0n) is 14.0. The van der Waals surface area contributed by atoms with Crippen molar-refractivity contribution in [1.29, 1.82) is 0 Å². The van der Waals surface area contributed by atoms with Crippen LogP contribution in [0.5, 0.6) is 5.75 Å². The van der Waals surface area contributed by atoms with Gasteiger partial charge in [-0.05, 0) is 30.7 Å². The molecule has 1 aliphatic rings. The number of methoxy groups -OCH3 is 1. The first-order valence-electron chi connectivity index (χ1n) is 7.74. The van der Waals surface area contributed by atoms with Crippen molar-refractivity contribution in [3.05, 3.63) is 52.6 Å². The van der Waals surface area contributed by atoms with E-state index in [2.05, 4.69) is 5.32 Å². The van der Waals surface area contributed by atoms with Gasteiger partial charge in [0.25, 0.3) is 5.91 Å². The molecule has 1 aliphatic heterocycles. The highest BCUT2D eigenvalue weighted by molar-refractivity contribution is 6.32. The van der Waals surface area contributed by atoms with Gasteiger partial charge in [0.2, 0.25) is 5.91 Å². The lowest BCUT2D eigenvalue weighted by Gasteiger charge is -2.19. The second kappa shape index (κ2) is 6.92. The zero-order valence-corrected chi connectivity index (χ0v) is 14.7. The van der Waals surface area contributed by atoms with E-state index in [9.17, 15) is 18.4 Å². The maximum Gasteiger partial charge on any atom is 0.256 e. The van der Waals surface area contributed by atoms with Crippen LogP contribution in [0.3, 0.4) is 0 Å². The summed E-state index contributed by atoms with van der Waals surface area (Å²) in [6.07, 6.45) is -0.122. The van der Waals surface area contributed by atoms with E-state index in [4.69, 9.17) is 16.3 Å². The molecule has 1 N–H and O–H groups in total. The average Bonchev–Trinajstić information content (AvgIpc) is 2.87. The van der Waals surface area contributed by atoms with Gasteiger partial charge in [0.1, 0.15) is 11.8 Å². The fourth-order valence-electron chi connectivity index (χ4n) is 2.77.